The van der Waals surface area contributed by atoms with E-state index in [2.05, 4.69) is 29.9 Å². The fourth-order valence-electron chi connectivity index (χ4n) is 4.17. The summed E-state index contributed by atoms with van der Waals surface area (Å²) in [6.45, 7) is 8.11. The quantitative estimate of drug-likeness (QED) is 0.377. The Morgan fingerprint density at radius 1 is 1.08 bits per heavy atom. The van der Waals surface area contributed by atoms with Crippen molar-refractivity contribution in [3.8, 4) is 17.4 Å². The Hall–Kier alpha value is -3.36. The monoisotopic (exact) mass is 547 g/mol. The summed E-state index contributed by atoms with van der Waals surface area (Å²) < 4.78 is 54.2. The molecule has 4 heterocycles. The minimum Gasteiger partial charge on any atom is -0.479 e. The molecule has 3 aromatic heterocycles. The number of nitrogens with zero attached hydrogens (tertiary/aromatic N) is 6. The lowest BCUT2D eigenvalue weighted by Gasteiger charge is -2.26. The predicted molar refractivity (Wildman–Crippen MR) is 138 cm³/mol. The van der Waals surface area contributed by atoms with Crippen molar-refractivity contribution in [3.05, 3.63) is 41.7 Å². The van der Waals surface area contributed by atoms with Crippen molar-refractivity contribution in [3.63, 3.8) is 0 Å². The fraction of sp³-hybridized carbons (Fsp3) is 0.542. The topological polar surface area (TPSA) is 152 Å². The highest BCUT2D eigenvalue weighted by atomic mass is 32.2. The number of rotatable bonds is 11. The van der Waals surface area contributed by atoms with E-state index in [1.165, 1.54) is 25.1 Å². The molecule has 1 fully saturated rings. The van der Waals surface area contributed by atoms with Crippen LogP contribution in [0.3, 0.4) is 0 Å². The molecule has 13 nitrogen and oxygen atoms in total. The van der Waals surface area contributed by atoms with Crippen LogP contribution in [0, 0.1) is 6.92 Å². The number of pyridine rings is 1. The Labute approximate surface area is 222 Å². The van der Waals surface area contributed by atoms with Gasteiger partial charge in [0.2, 0.25) is 27.7 Å². The lowest BCUT2D eigenvalue weighted by atomic mass is 10.1. The van der Waals surface area contributed by atoms with Crippen molar-refractivity contribution >= 4 is 16.0 Å². The van der Waals surface area contributed by atoms with Gasteiger partial charge < -0.3 is 18.9 Å². The molecular weight excluding hydrogens is 514 g/mol. The van der Waals surface area contributed by atoms with Crippen LogP contribution in [0.2, 0.25) is 0 Å². The lowest BCUT2D eigenvalue weighted by molar-refractivity contribution is 0.00416. The molecule has 1 aliphatic heterocycles. The van der Waals surface area contributed by atoms with Crippen LogP contribution in [0.25, 0.3) is 5.69 Å². The summed E-state index contributed by atoms with van der Waals surface area (Å²) >= 11 is 0. The first-order chi connectivity index (χ1) is 18.2. The summed E-state index contributed by atoms with van der Waals surface area (Å²) in [5.74, 6) is 0.590. The average molecular weight is 548 g/mol. The normalized spacial score (nSPS) is 17.4. The summed E-state index contributed by atoms with van der Waals surface area (Å²) in [7, 11) is -1.19. The summed E-state index contributed by atoms with van der Waals surface area (Å²) in [6, 6.07) is 3.64. The van der Waals surface area contributed by atoms with Crippen molar-refractivity contribution in [2.75, 3.05) is 32.2 Å². The fourth-order valence-corrected chi connectivity index (χ4v) is 5.27. The molecule has 3 aromatic rings. The summed E-state index contributed by atoms with van der Waals surface area (Å²) in [6.07, 6.45) is 2.57. The molecule has 0 saturated carbocycles. The van der Waals surface area contributed by atoms with Gasteiger partial charge in [-0.1, -0.05) is 6.07 Å². The molecule has 0 bridgehead atoms. The van der Waals surface area contributed by atoms with Crippen LogP contribution in [0.5, 0.6) is 11.8 Å². The van der Waals surface area contributed by atoms with Crippen molar-refractivity contribution in [2.45, 2.75) is 57.5 Å². The number of aryl methyl sites for hydroxylation is 1. The largest absolute Gasteiger partial charge is 0.479 e. The molecule has 206 valence electrons. The van der Waals surface area contributed by atoms with Gasteiger partial charge in [0.05, 0.1) is 32.6 Å². The van der Waals surface area contributed by atoms with Gasteiger partial charge in [0.15, 0.2) is 5.69 Å². The number of hydrogen-bond donors (Lipinski definition) is 1. The van der Waals surface area contributed by atoms with Crippen molar-refractivity contribution < 1.29 is 27.4 Å². The number of aromatic nitrogens is 6. The molecular formula is C24H33N7O6S. The van der Waals surface area contributed by atoms with E-state index >= 15 is 0 Å². The Bertz CT molecular complexity index is 1320. The first-order valence-electron chi connectivity index (χ1n) is 12.2. The van der Waals surface area contributed by atoms with Gasteiger partial charge in [0, 0.05) is 18.7 Å². The summed E-state index contributed by atoms with van der Waals surface area (Å²) in [4.78, 5) is 12.8. The predicted octanol–water partition coefficient (Wildman–Crippen LogP) is 2.58. The second kappa shape index (κ2) is 11.6. The lowest BCUT2D eigenvalue weighted by Crippen LogP contribution is -2.34. The van der Waals surface area contributed by atoms with Crippen LogP contribution in [-0.4, -0.2) is 76.9 Å². The number of hydrogen-bond acceptors (Lipinski definition) is 11. The Balaban J connectivity index is 1.78. The summed E-state index contributed by atoms with van der Waals surface area (Å²) in [5.41, 5.74) is 1.73. The zero-order valence-corrected chi connectivity index (χ0v) is 23.1. The standard InChI is InChI=1S/C24H33N7O6S/c1-14(2)37-20(18-8-7-15(3)11-25-18)16(4)38(32,33)30-24-29-28-21(17-9-10-36-12-17)31(24)19-22(34-5)26-13-27-23(19)35-6/h7-8,11,13-14,16-17,20H,9-10,12H2,1-6H3,(H,29,30)/t16?,17-,20?/m1/s1. The highest BCUT2D eigenvalue weighted by molar-refractivity contribution is 7.93. The number of nitrogens with one attached hydrogen (secondary N) is 1. The van der Waals surface area contributed by atoms with E-state index in [1.54, 1.807) is 19.2 Å². The first kappa shape index (κ1) is 27.7. The van der Waals surface area contributed by atoms with Gasteiger partial charge in [-0.15, -0.1) is 10.2 Å². The number of methoxy groups -OCH3 is 2. The Morgan fingerprint density at radius 2 is 1.79 bits per heavy atom. The van der Waals surface area contributed by atoms with Crippen molar-refractivity contribution in [1.82, 2.24) is 29.7 Å². The minimum absolute atomic E-state index is 0.0645. The van der Waals surface area contributed by atoms with Crippen LogP contribution in [-0.2, 0) is 19.5 Å². The van der Waals surface area contributed by atoms with Gasteiger partial charge in [-0.3, -0.25) is 14.3 Å². The number of anilines is 1. The molecule has 0 aliphatic carbocycles. The van der Waals surface area contributed by atoms with Crippen molar-refractivity contribution in [1.29, 1.82) is 0 Å². The van der Waals surface area contributed by atoms with E-state index in [4.69, 9.17) is 18.9 Å². The molecule has 0 radical (unpaired) electrons. The minimum atomic E-state index is -4.09. The molecule has 0 aromatic carbocycles. The maximum Gasteiger partial charge on any atom is 0.245 e. The molecule has 38 heavy (non-hydrogen) atoms. The van der Waals surface area contributed by atoms with E-state index in [1.807, 2.05) is 26.8 Å². The van der Waals surface area contributed by atoms with Crippen LogP contribution in [0.4, 0.5) is 5.95 Å². The first-order valence-corrected chi connectivity index (χ1v) is 13.8. The van der Waals surface area contributed by atoms with E-state index in [9.17, 15) is 8.42 Å². The number of ether oxygens (including phenoxy) is 4. The molecule has 0 amide bonds. The van der Waals surface area contributed by atoms with Crippen LogP contribution in [0.1, 0.15) is 56.3 Å². The van der Waals surface area contributed by atoms with Gasteiger partial charge in [0.25, 0.3) is 0 Å². The average Bonchev–Trinajstić information content (AvgIpc) is 3.56. The molecule has 1 N–H and O–H groups in total. The van der Waals surface area contributed by atoms with E-state index in [-0.39, 0.29) is 35.4 Å². The third-order valence-corrected chi connectivity index (χ3v) is 7.84. The Kier molecular flexibility index (Phi) is 8.43. The van der Waals surface area contributed by atoms with Gasteiger partial charge in [0.1, 0.15) is 23.5 Å². The van der Waals surface area contributed by atoms with E-state index < -0.39 is 21.4 Å². The number of sulfonamides is 1. The molecule has 0 spiro atoms. The molecule has 4 rings (SSSR count). The molecule has 2 unspecified atom stereocenters. The van der Waals surface area contributed by atoms with Gasteiger partial charge >= 0.3 is 0 Å². The van der Waals surface area contributed by atoms with Crippen LogP contribution in [0.15, 0.2) is 24.7 Å². The second-order valence-corrected chi connectivity index (χ2v) is 11.3. The van der Waals surface area contributed by atoms with Crippen molar-refractivity contribution in [2.24, 2.45) is 0 Å². The third-order valence-electron chi connectivity index (χ3n) is 6.14. The van der Waals surface area contributed by atoms with Crippen LogP contribution >= 0.6 is 0 Å². The molecule has 3 atom stereocenters. The van der Waals surface area contributed by atoms with Gasteiger partial charge in [-0.05, 0) is 45.7 Å². The zero-order valence-electron chi connectivity index (χ0n) is 22.3. The van der Waals surface area contributed by atoms with E-state index in [0.717, 1.165) is 5.56 Å². The second-order valence-electron chi connectivity index (χ2n) is 9.24. The smallest absolute Gasteiger partial charge is 0.245 e. The SMILES string of the molecule is COc1ncnc(OC)c1-n1c(NS(=O)(=O)C(C)C(OC(C)C)c2ccc(C)cn2)nnc1[C@@H]1CCOC1. The highest BCUT2D eigenvalue weighted by Crippen LogP contribution is 2.36. The Morgan fingerprint density at radius 3 is 2.34 bits per heavy atom. The molecule has 1 saturated heterocycles. The zero-order chi connectivity index (χ0) is 27.4. The maximum atomic E-state index is 13.8. The molecule has 1 aliphatic rings. The highest BCUT2D eigenvalue weighted by Gasteiger charge is 2.36. The van der Waals surface area contributed by atoms with Gasteiger partial charge in [-0.2, -0.15) is 9.97 Å². The van der Waals surface area contributed by atoms with Gasteiger partial charge in [-0.25, -0.2) is 8.42 Å². The third kappa shape index (κ3) is 5.71. The van der Waals surface area contributed by atoms with E-state index in [0.29, 0.717) is 31.2 Å². The maximum absolute atomic E-state index is 13.8. The molecule has 14 heteroatoms. The van der Waals surface area contributed by atoms with Crippen LogP contribution < -0.4 is 14.2 Å². The summed E-state index contributed by atoms with van der Waals surface area (Å²) in [5, 5.41) is 7.49.